The Hall–Kier alpha value is -4.20. The summed E-state index contributed by atoms with van der Waals surface area (Å²) in [5, 5.41) is 0. The van der Waals surface area contributed by atoms with Crippen LogP contribution in [0, 0.1) is 0 Å². The number of hydrogen-bond acceptors (Lipinski definition) is 7. The van der Waals surface area contributed by atoms with E-state index in [0.717, 1.165) is 67.5 Å². The summed E-state index contributed by atoms with van der Waals surface area (Å²) in [4.78, 5) is 0. The average Bonchev–Trinajstić information content (AvgIpc) is 2.98. The molecule has 0 fully saturated rings. The zero-order valence-corrected chi connectivity index (χ0v) is 24.4. The fraction of sp³-hybridized carbons (Fsp3) is 0.333. The number of ether oxygens (including phenoxy) is 6. The zero-order chi connectivity index (χ0) is 29.0. The third kappa shape index (κ3) is 6.01. The van der Waals surface area contributed by atoms with Crippen molar-refractivity contribution in [2.45, 2.75) is 25.7 Å². The first-order valence-corrected chi connectivity index (χ1v) is 15.1. The second kappa shape index (κ2) is 12.6. The van der Waals surface area contributed by atoms with Gasteiger partial charge in [0.15, 0.2) is 0 Å². The predicted molar refractivity (Wildman–Crippen MR) is 165 cm³/mol. The molecule has 0 unspecified atom stereocenters. The van der Waals surface area contributed by atoms with Crippen LogP contribution in [-0.2, 0) is 35.2 Å². The van der Waals surface area contributed by atoms with Gasteiger partial charge < -0.3 is 34.2 Å². The van der Waals surface area contributed by atoms with E-state index >= 15 is 0 Å². The molecule has 0 saturated heterocycles. The predicted octanol–water partition coefficient (Wildman–Crippen LogP) is 5.52. The Kier molecular flexibility index (Phi) is 8.08. The van der Waals surface area contributed by atoms with Crippen LogP contribution in [0.2, 0.25) is 0 Å². The van der Waals surface area contributed by atoms with Gasteiger partial charge in [-0.2, -0.15) is 0 Å². The zero-order valence-electron chi connectivity index (χ0n) is 24.4. The minimum atomic E-state index is 0.439. The summed E-state index contributed by atoms with van der Waals surface area (Å²) in [5.74, 6) is 3.50. The highest BCUT2D eigenvalue weighted by Crippen LogP contribution is 2.39. The molecule has 0 atom stereocenters. The summed E-state index contributed by atoms with van der Waals surface area (Å²) < 4.78 is 37.7. The summed E-state index contributed by atoms with van der Waals surface area (Å²) in [5.41, 5.74) is 15.9. The van der Waals surface area contributed by atoms with Crippen LogP contribution in [-0.4, -0.2) is 52.9 Å². The standard InChI is InChI=1S/C36H37NO6/c37-32-22-30-20-28-8-2-6-26-18-24-4-1-5-25(33(24)40-14-10-38-11-15-41-34(26)28)19-27-7-3-9-29-21-31(23-32)36(30)43-17-13-39-12-16-42-35(27)29/h1-9,22-23H,10-21,37H2. The molecule has 3 aliphatic rings. The first-order chi connectivity index (χ1) is 21.2. The minimum Gasteiger partial charge on any atom is -0.491 e. The maximum atomic E-state index is 6.56. The molecule has 0 saturated carbocycles. The number of para-hydroxylation sites is 3. The number of rotatable bonds is 0. The number of nitrogens with two attached hydrogens (primary N) is 1. The van der Waals surface area contributed by atoms with Crippen LogP contribution in [0.4, 0.5) is 5.69 Å². The molecule has 0 radical (unpaired) electrons. The lowest BCUT2D eigenvalue weighted by atomic mass is 9.91. The van der Waals surface area contributed by atoms with Crippen LogP contribution in [0.15, 0.2) is 66.7 Å². The van der Waals surface area contributed by atoms with E-state index in [1.165, 1.54) is 0 Å². The van der Waals surface area contributed by atoms with E-state index in [1.807, 2.05) is 12.1 Å². The molecule has 2 heterocycles. The van der Waals surface area contributed by atoms with Gasteiger partial charge in [-0.25, -0.2) is 0 Å². The van der Waals surface area contributed by atoms with Crippen molar-refractivity contribution in [1.82, 2.24) is 0 Å². The van der Waals surface area contributed by atoms with Crippen LogP contribution in [0.1, 0.15) is 44.5 Å². The fourth-order valence-electron chi connectivity index (χ4n) is 6.37. The van der Waals surface area contributed by atoms with E-state index in [9.17, 15) is 0 Å². The van der Waals surface area contributed by atoms with Crippen molar-refractivity contribution in [3.05, 3.63) is 111 Å². The SMILES string of the molecule is Nc1cc2c3c(c1)Cc1cccc(c1OCCOCCO3)Cc1cccc3c1OCCOCCOc1c(cccc1C2)C3. The van der Waals surface area contributed by atoms with Crippen molar-refractivity contribution in [3.8, 4) is 23.0 Å². The van der Waals surface area contributed by atoms with Gasteiger partial charge in [-0.05, 0) is 45.5 Å². The monoisotopic (exact) mass is 579 g/mol. The summed E-state index contributed by atoms with van der Waals surface area (Å²) >= 11 is 0. The number of hydrogen-bond donors (Lipinski definition) is 1. The third-order valence-electron chi connectivity index (χ3n) is 8.22. The topological polar surface area (TPSA) is 81.4 Å². The Morgan fingerprint density at radius 3 is 0.977 bits per heavy atom. The van der Waals surface area contributed by atoms with E-state index in [-0.39, 0.29) is 0 Å². The highest BCUT2D eigenvalue weighted by Gasteiger charge is 2.22. The van der Waals surface area contributed by atoms with Gasteiger partial charge in [-0.1, -0.05) is 54.6 Å². The van der Waals surface area contributed by atoms with E-state index in [4.69, 9.17) is 34.2 Å². The lowest BCUT2D eigenvalue weighted by Gasteiger charge is -2.24. The van der Waals surface area contributed by atoms with Crippen LogP contribution in [0.5, 0.6) is 23.0 Å². The maximum Gasteiger partial charge on any atom is 0.126 e. The van der Waals surface area contributed by atoms with Crippen LogP contribution in [0.3, 0.4) is 0 Å². The molecule has 0 aromatic heterocycles. The van der Waals surface area contributed by atoms with E-state index < -0.39 is 0 Å². The molecule has 7 rings (SSSR count). The van der Waals surface area contributed by atoms with Crippen molar-refractivity contribution in [1.29, 1.82) is 0 Å². The Labute approximate surface area is 252 Å². The Bertz CT molecular complexity index is 1610. The summed E-state index contributed by atoms with van der Waals surface area (Å²) in [6, 6.07) is 23.2. The molecule has 1 aliphatic carbocycles. The van der Waals surface area contributed by atoms with Crippen molar-refractivity contribution >= 4 is 5.69 Å². The van der Waals surface area contributed by atoms with Gasteiger partial charge in [0.05, 0.1) is 26.4 Å². The van der Waals surface area contributed by atoms with Crippen molar-refractivity contribution < 1.29 is 28.4 Å². The first-order valence-electron chi connectivity index (χ1n) is 15.1. The Balaban J connectivity index is 1.48. The second-order valence-corrected chi connectivity index (χ2v) is 11.2. The molecule has 222 valence electrons. The van der Waals surface area contributed by atoms with Crippen molar-refractivity contribution in [3.63, 3.8) is 0 Å². The Morgan fingerprint density at radius 2 is 0.651 bits per heavy atom. The van der Waals surface area contributed by atoms with Gasteiger partial charge in [-0.15, -0.1) is 0 Å². The van der Waals surface area contributed by atoms with E-state index in [1.54, 1.807) is 0 Å². The lowest BCUT2D eigenvalue weighted by Crippen LogP contribution is -2.17. The maximum absolute atomic E-state index is 6.56. The molecule has 0 amide bonds. The van der Waals surface area contributed by atoms with Crippen LogP contribution in [0.25, 0.3) is 0 Å². The smallest absolute Gasteiger partial charge is 0.126 e. The third-order valence-corrected chi connectivity index (χ3v) is 8.22. The number of nitrogen functional groups attached to an aromatic ring is 1. The molecule has 7 nitrogen and oxygen atoms in total. The van der Waals surface area contributed by atoms with Crippen LogP contribution < -0.4 is 24.7 Å². The normalized spacial score (nSPS) is 16.8. The number of anilines is 1. The molecule has 2 N–H and O–H groups in total. The van der Waals surface area contributed by atoms with Gasteiger partial charge in [0.2, 0.25) is 0 Å². The summed E-state index contributed by atoms with van der Waals surface area (Å²) in [7, 11) is 0. The van der Waals surface area contributed by atoms with E-state index in [2.05, 4.69) is 54.6 Å². The largest absolute Gasteiger partial charge is 0.491 e. The Morgan fingerprint density at radius 1 is 0.372 bits per heavy atom. The van der Waals surface area contributed by atoms with Gasteiger partial charge >= 0.3 is 0 Å². The molecule has 4 aromatic carbocycles. The summed E-state index contributed by atoms with van der Waals surface area (Å²) in [6.07, 6.45) is 2.56. The minimum absolute atomic E-state index is 0.439. The van der Waals surface area contributed by atoms with Gasteiger partial charge in [0, 0.05) is 42.5 Å². The molecule has 43 heavy (non-hydrogen) atoms. The molecule has 4 aromatic rings. The summed E-state index contributed by atoms with van der Waals surface area (Å²) in [6.45, 7) is 3.74. The highest BCUT2D eigenvalue weighted by atomic mass is 16.6. The lowest BCUT2D eigenvalue weighted by molar-refractivity contribution is 0.0744. The fourth-order valence-corrected chi connectivity index (χ4v) is 6.37. The van der Waals surface area contributed by atoms with Gasteiger partial charge in [0.1, 0.15) is 49.4 Å². The van der Waals surface area contributed by atoms with E-state index in [0.29, 0.717) is 84.2 Å². The molecule has 0 spiro atoms. The molecular weight excluding hydrogens is 542 g/mol. The molecule has 7 heteroatoms. The van der Waals surface area contributed by atoms with Crippen molar-refractivity contribution in [2.24, 2.45) is 0 Å². The molecule has 2 aliphatic heterocycles. The highest BCUT2D eigenvalue weighted by molar-refractivity contribution is 5.59. The average molecular weight is 580 g/mol. The second-order valence-electron chi connectivity index (χ2n) is 11.2. The quantitative estimate of drug-likeness (QED) is 0.242. The molecule has 12 bridgehead atoms. The van der Waals surface area contributed by atoms with Crippen LogP contribution >= 0.6 is 0 Å². The van der Waals surface area contributed by atoms with Gasteiger partial charge in [0.25, 0.3) is 0 Å². The first kappa shape index (κ1) is 27.6. The molecular formula is C36H37NO6. The number of benzene rings is 4. The van der Waals surface area contributed by atoms with Gasteiger partial charge in [-0.3, -0.25) is 0 Å². The van der Waals surface area contributed by atoms with Crippen molar-refractivity contribution in [2.75, 3.05) is 58.6 Å².